The summed E-state index contributed by atoms with van der Waals surface area (Å²) in [4.78, 5) is 26.7. The molecule has 7 nitrogen and oxygen atoms in total. The zero-order valence-corrected chi connectivity index (χ0v) is 19.4. The smallest absolute Gasteiger partial charge is 0.251 e. The summed E-state index contributed by atoms with van der Waals surface area (Å²) in [6, 6.07) is 17.7. The fraction of sp³-hybridized carbons (Fsp3) is 0.280. The number of fused-ring (bicyclic) bond motifs is 1. The van der Waals surface area contributed by atoms with Crippen LogP contribution in [0.3, 0.4) is 0 Å². The zero-order chi connectivity index (χ0) is 24.1. The fourth-order valence-electron chi connectivity index (χ4n) is 4.01. The van der Waals surface area contributed by atoms with Crippen LogP contribution in [-0.2, 0) is 14.8 Å². The van der Waals surface area contributed by atoms with Crippen molar-refractivity contribution in [2.75, 3.05) is 19.6 Å². The van der Waals surface area contributed by atoms with Gasteiger partial charge in [0.25, 0.3) is 5.91 Å². The minimum atomic E-state index is -3.72. The number of carbonyl (C=O) groups excluding carboxylic acids is 2. The summed E-state index contributed by atoms with van der Waals surface area (Å²) in [7, 11) is -3.72. The topological polar surface area (TPSA) is 95.6 Å². The molecule has 0 bridgehead atoms. The summed E-state index contributed by atoms with van der Waals surface area (Å²) in [5.41, 5.74) is 0.388. The van der Waals surface area contributed by atoms with Crippen LogP contribution in [0.5, 0.6) is 0 Å². The number of benzene rings is 3. The van der Waals surface area contributed by atoms with E-state index in [0.717, 1.165) is 10.8 Å². The van der Waals surface area contributed by atoms with Crippen LogP contribution < -0.4 is 10.0 Å². The van der Waals surface area contributed by atoms with Gasteiger partial charge in [-0.05, 0) is 60.0 Å². The number of hydrogen-bond donors (Lipinski definition) is 2. The molecular weight excluding hydrogens is 457 g/mol. The Bertz CT molecular complexity index is 1290. The van der Waals surface area contributed by atoms with Crippen molar-refractivity contribution < 1.29 is 22.4 Å². The first-order chi connectivity index (χ1) is 16.3. The Hall–Kier alpha value is -3.30. The largest absolute Gasteiger partial charge is 0.349 e. The zero-order valence-electron chi connectivity index (χ0n) is 18.5. The Kier molecular flexibility index (Phi) is 7.23. The number of carbonyl (C=O) groups is 2. The van der Waals surface area contributed by atoms with E-state index in [4.69, 9.17) is 0 Å². The second-order valence-electron chi connectivity index (χ2n) is 8.29. The molecule has 1 fully saturated rings. The van der Waals surface area contributed by atoms with Crippen LogP contribution in [0.15, 0.2) is 71.6 Å². The van der Waals surface area contributed by atoms with Crippen LogP contribution in [0.4, 0.5) is 4.39 Å². The molecule has 0 aliphatic carbocycles. The highest BCUT2D eigenvalue weighted by Gasteiger charge is 2.24. The van der Waals surface area contributed by atoms with Gasteiger partial charge in [0, 0.05) is 37.7 Å². The number of rotatable bonds is 7. The first kappa shape index (κ1) is 23.8. The molecule has 0 atom stereocenters. The Morgan fingerprint density at radius 2 is 1.62 bits per heavy atom. The number of likely N-dealkylation sites (tertiary alicyclic amines) is 1. The van der Waals surface area contributed by atoms with Crippen LogP contribution in [0, 0.1) is 5.82 Å². The first-order valence-corrected chi connectivity index (χ1v) is 12.6. The first-order valence-electron chi connectivity index (χ1n) is 11.1. The van der Waals surface area contributed by atoms with Crippen molar-refractivity contribution in [1.82, 2.24) is 14.9 Å². The van der Waals surface area contributed by atoms with Gasteiger partial charge in [0.05, 0.1) is 4.90 Å². The Balaban J connectivity index is 1.23. The molecule has 1 aliphatic heterocycles. The average Bonchev–Trinajstić information content (AvgIpc) is 2.84. The van der Waals surface area contributed by atoms with E-state index >= 15 is 0 Å². The van der Waals surface area contributed by atoms with Crippen LogP contribution in [0.1, 0.15) is 29.6 Å². The van der Waals surface area contributed by atoms with Gasteiger partial charge in [-0.25, -0.2) is 17.5 Å². The molecule has 0 aromatic heterocycles. The number of nitrogens with one attached hydrogen (secondary N) is 2. The quantitative estimate of drug-likeness (QED) is 0.540. The van der Waals surface area contributed by atoms with Crippen molar-refractivity contribution in [2.24, 2.45) is 0 Å². The number of sulfonamides is 1. The average molecular weight is 484 g/mol. The van der Waals surface area contributed by atoms with Crippen molar-refractivity contribution in [2.45, 2.75) is 30.2 Å². The van der Waals surface area contributed by atoms with Gasteiger partial charge in [0.1, 0.15) is 5.82 Å². The molecule has 34 heavy (non-hydrogen) atoms. The summed E-state index contributed by atoms with van der Waals surface area (Å²) in [5.74, 6) is -0.805. The van der Waals surface area contributed by atoms with E-state index in [9.17, 15) is 22.4 Å². The van der Waals surface area contributed by atoms with Gasteiger partial charge in [0.15, 0.2) is 0 Å². The second kappa shape index (κ2) is 10.3. The van der Waals surface area contributed by atoms with Gasteiger partial charge >= 0.3 is 0 Å². The van der Waals surface area contributed by atoms with E-state index in [1.54, 1.807) is 23.1 Å². The molecule has 2 amide bonds. The molecule has 1 saturated heterocycles. The molecular formula is C25H26FN3O4S. The number of nitrogens with zero attached hydrogens (tertiary/aromatic N) is 1. The molecule has 0 spiro atoms. The third-order valence-corrected chi connectivity index (χ3v) is 7.41. The van der Waals surface area contributed by atoms with Crippen molar-refractivity contribution >= 4 is 32.6 Å². The molecule has 3 aromatic rings. The maximum absolute atomic E-state index is 13.0. The SMILES string of the molecule is O=C(NC1CCN(C(=O)CCNS(=O)(=O)c2ccc3ccccc3c2)CC1)c1ccc(F)cc1. The van der Waals surface area contributed by atoms with E-state index in [2.05, 4.69) is 10.0 Å². The summed E-state index contributed by atoms with van der Waals surface area (Å²) in [5, 5.41) is 4.70. The molecule has 0 saturated carbocycles. The summed E-state index contributed by atoms with van der Waals surface area (Å²) in [6.07, 6.45) is 1.25. The van der Waals surface area contributed by atoms with E-state index in [1.165, 1.54) is 24.3 Å². The van der Waals surface area contributed by atoms with E-state index in [-0.39, 0.29) is 35.7 Å². The summed E-state index contributed by atoms with van der Waals surface area (Å²) >= 11 is 0. The summed E-state index contributed by atoms with van der Waals surface area (Å²) < 4.78 is 40.8. The van der Waals surface area contributed by atoms with Gasteiger partial charge in [-0.1, -0.05) is 30.3 Å². The minimum absolute atomic E-state index is 0.00915. The number of amides is 2. The summed E-state index contributed by atoms with van der Waals surface area (Å²) in [6.45, 7) is 0.963. The van der Waals surface area contributed by atoms with Crippen LogP contribution in [-0.4, -0.2) is 50.8 Å². The third kappa shape index (κ3) is 5.78. The maximum atomic E-state index is 13.0. The molecule has 1 aliphatic rings. The highest BCUT2D eigenvalue weighted by molar-refractivity contribution is 7.89. The lowest BCUT2D eigenvalue weighted by Crippen LogP contribution is -2.47. The third-order valence-electron chi connectivity index (χ3n) is 5.95. The van der Waals surface area contributed by atoms with Crippen molar-refractivity contribution in [3.05, 3.63) is 78.1 Å². The Labute approximate surface area is 198 Å². The molecule has 1 heterocycles. The Morgan fingerprint density at radius 1 is 0.941 bits per heavy atom. The van der Waals surface area contributed by atoms with Gasteiger partial charge in [-0.2, -0.15) is 0 Å². The standard InChI is InChI=1S/C25H26FN3O4S/c26-21-8-5-19(6-9-21)25(31)28-22-12-15-29(16-13-22)24(30)11-14-27-34(32,33)23-10-7-18-3-1-2-4-20(18)17-23/h1-10,17,22,27H,11-16H2,(H,28,31). The molecule has 0 radical (unpaired) electrons. The normalized spacial score (nSPS) is 14.8. The van der Waals surface area contributed by atoms with Crippen LogP contribution in [0.25, 0.3) is 10.8 Å². The number of hydrogen-bond acceptors (Lipinski definition) is 4. The predicted octanol–water partition coefficient (Wildman–Crippen LogP) is 3.07. The van der Waals surface area contributed by atoms with Crippen LogP contribution in [0.2, 0.25) is 0 Å². The van der Waals surface area contributed by atoms with Crippen molar-refractivity contribution in [1.29, 1.82) is 0 Å². The van der Waals surface area contributed by atoms with Crippen LogP contribution >= 0.6 is 0 Å². The highest BCUT2D eigenvalue weighted by Crippen LogP contribution is 2.19. The van der Waals surface area contributed by atoms with Gasteiger partial charge in [-0.15, -0.1) is 0 Å². The fourth-order valence-corrected chi connectivity index (χ4v) is 5.08. The molecule has 178 valence electrons. The van der Waals surface area contributed by atoms with Gasteiger partial charge in [0.2, 0.25) is 15.9 Å². The van der Waals surface area contributed by atoms with E-state index in [0.29, 0.717) is 31.5 Å². The van der Waals surface area contributed by atoms with Crippen molar-refractivity contribution in [3.63, 3.8) is 0 Å². The number of halogens is 1. The molecule has 9 heteroatoms. The number of piperidine rings is 1. The monoisotopic (exact) mass is 483 g/mol. The van der Waals surface area contributed by atoms with Gasteiger partial charge in [-0.3, -0.25) is 9.59 Å². The lowest BCUT2D eigenvalue weighted by Gasteiger charge is -2.32. The maximum Gasteiger partial charge on any atom is 0.251 e. The second-order valence-corrected chi connectivity index (χ2v) is 10.1. The predicted molar refractivity (Wildman–Crippen MR) is 127 cm³/mol. The molecule has 4 rings (SSSR count). The van der Waals surface area contributed by atoms with E-state index in [1.807, 2.05) is 24.3 Å². The molecule has 0 unspecified atom stereocenters. The molecule has 2 N–H and O–H groups in total. The van der Waals surface area contributed by atoms with Crippen molar-refractivity contribution in [3.8, 4) is 0 Å². The van der Waals surface area contributed by atoms with Gasteiger partial charge < -0.3 is 10.2 Å². The lowest BCUT2D eigenvalue weighted by atomic mass is 10.0. The Morgan fingerprint density at radius 3 is 2.32 bits per heavy atom. The van der Waals surface area contributed by atoms with E-state index < -0.39 is 15.8 Å². The lowest BCUT2D eigenvalue weighted by molar-refractivity contribution is -0.132. The highest BCUT2D eigenvalue weighted by atomic mass is 32.2. The molecule has 3 aromatic carbocycles. The minimum Gasteiger partial charge on any atom is -0.349 e.